The summed E-state index contributed by atoms with van der Waals surface area (Å²) in [6, 6.07) is 9.89. The maximum absolute atomic E-state index is 13.4. The Kier molecular flexibility index (Phi) is 4.97. The van der Waals surface area contributed by atoms with E-state index in [9.17, 15) is 14.4 Å². The van der Waals surface area contributed by atoms with Crippen LogP contribution in [-0.4, -0.2) is 60.1 Å². The number of thioether (sulfide) groups is 1. The number of fused-ring (bicyclic) bond motifs is 3. The van der Waals surface area contributed by atoms with E-state index >= 15 is 0 Å². The van der Waals surface area contributed by atoms with Crippen molar-refractivity contribution in [1.82, 2.24) is 10.2 Å². The molecule has 2 aromatic carbocycles. The number of carbonyl (C=O) groups is 3. The van der Waals surface area contributed by atoms with E-state index < -0.39 is 12.1 Å². The van der Waals surface area contributed by atoms with Crippen molar-refractivity contribution in [1.29, 1.82) is 0 Å². The number of carbonyl (C=O) groups excluding carboxylic acids is 3. The lowest BCUT2D eigenvalue weighted by atomic mass is 10.0. The number of anilines is 1. The van der Waals surface area contributed by atoms with Crippen LogP contribution in [0.4, 0.5) is 5.69 Å². The van der Waals surface area contributed by atoms with Gasteiger partial charge in [-0.1, -0.05) is 12.1 Å². The van der Waals surface area contributed by atoms with Gasteiger partial charge in [0.05, 0.1) is 23.0 Å². The third-order valence-corrected chi connectivity index (χ3v) is 6.31. The summed E-state index contributed by atoms with van der Waals surface area (Å²) in [5.41, 5.74) is 2.63. The molecule has 2 N–H and O–H groups in total. The van der Waals surface area contributed by atoms with Crippen molar-refractivity contribution in [3.63, 3.8) is 0 Å². The van der Waals surface area contributed by atoms with E-state index in [1.807, 2.05) is 30.5 Å². The molecule has 0 aliphatic carbocycles. The highest BCUT2D eigenvalue weighted by atomic mass is 32.2. The number of nitrogens with zero attached hydrogens (tertiary/aromatic N) is 1. The first-order valence-electron chi connectivity index (χ1n) is 9.99. The van der Waals surface area contributed by atoms with E-state index in [1.54, 1.807) is 17.0 Å². The minimum atomic E-state index is -0.723. The SMILES string of the molecule is CSCC(=O)NC1CCN2C(=O)c3cc(-c4ccc5c(c4)OCO5)ccc3NC(=O)C12. The summed E-state index contributed by atoms with van der Waals surface area (Å²) in [6.07, 6.45) is 2.39. The topological polar surface area (TPSA) is 97.0 Å². The fourth-order valence-electron chi connectivity index (χ4n) is 4.32. The molecule has 31 heavy (non-hydrogen) atoms. The average Bonchev–Trinajstić information content (AvgIpc) is 3.37. The molecule has 0 bridgehead atoms. The number of amides is 3. The lowest BCUT2D eigenvalue weighted by Gasteiger charge is -2.24. The summed E-state index contributed by atoms with van der Waals surface area (Å²) in [7, 11) is 0. The predicted octanol–water partition coefficient (Wildman–Crippen LogP) is 2.10. The lowest BCUT2D eigenvalue weighted by molar-refractivity contribution is -0.122. The molecule has 3 aliphatic rings. The second kappa shape index (κ2) is 7.81. The van der Waals surface area contributed by atoms with Gasteiger partial charge >= 0.3 is 0 Å². The molecule has 0 saturated carbocycles. The van der Waals surface area contributed by atoms with Gasteiger partial charge in [0.2, 0.25) is 18.6 Å². The Hall–Kier alpha value is -3.20. The first-order chi connectivity index (χ1) is 15.0. The molecule has 2 aromatic rings. The van der Waals surface area contributed by atoms with Gasteiger partial charge in [-0.3, -0.25) is 14.4 Å². The minimum Gasteiger partial charge on any atom is -0.454 e. The van der Waals surface area contributed by atoms with Gasteiger partial charge in [-0.05, 0) is 48.1 Å². The average molecular weight is 439 g/mol. The van der Waals surface area contributed by atoms with Crippen molar-refractivity contribution in [3.05, 3.63) is 42.0 Å². The summed E-state index contributed by atoms with van der Waals surface area (Å²) in [6.45, 7) is 0.604. The van der Waals surface area contributed by atoms with Crippen LogP contribution in [0.25, 0.3) is 11.1 Å². The highest BCUT2D eigenvalue weighted by molar-refractivity contribution is 7.99. The van der Waals surface area contributed by atoms with Gasteiger partial charge in [-0.25, -0.2) is 0 Å². The smallest absolute Gasteiger partial charge is 0.256 e. The number of rotatable bonds is 4. The molecule has 1 fully saturated rings. The van der Waals surface area contributed by atoms with E-state index in [-0.39, 0.29) is 24.5 Å². The second-order valence-corrected chi connectivity index (χ2v) is 8.52. The number of nitrogens with one attached hydrogen (secondary N) is 2. The Morgan fingerprint density at radius 3 is 2.77 bits per heavy atom. The first-order valence-corrected chi connectivity index (χ1v) is 11.4. The maximum Gasteiger partial charge on any atom is 0.256 e. The van der Waals surface area contributed by atoms with Crippen molar-refractivity contribution in [2.75, 3.05) is 30.7 Å². The fourth-order valence-corrected chi connectivity index (χ4v) is 4.67. The van der Waals surface area contributed by atoms with Crippen molar-refractivity contribution in [2.24, 2.45) is 0 Å². The quantitative estimate of drug-likeness (QED) is 0.757. The van der Waals surface area contributed by atoms with Crippen molar-refractivity contribution < 1.29 is 23.9 Å². The van der Waals surface area contributed by atoms with Crippen LogP contribution in [-0.2, 0) is 9.59 Å². The van der Waals surface area contributed by atoms with E-state index in [2.05, 4.69) is 10.6 Å². The Bertz CT molecular complexity index is 1090. The molecule has 2 unspecified atom stereocenters. The molecule has 0 aromatic heterocycles. The summed E-state index contributed by atoms with van der Waals surface area (Å²) in [4.78, 5) is 39.9. The monoisotopic (exact) mass is 439 g/mol. The molecule has 160 valence electrons. The Morgan fingerprint density at radius 1 is 1.16 bits per heavy atom. The third-order valence-electron chi connectivity index (χ3n) is 5.76. The molecule has 8 nitrogen and oxygen atoms in total. The summed E-state index contributed by atoms with van der Waals surface area (Å²) < 4.78 is 10.8. The second-order valence-electron chi connectivity index (χ2n) is 7.66. The third kappa shape index (κ3) is 3.48. The largest absolute Gasteiger partial charge is 0.454 e. The van der Waals surface area contributed by atoms with Crippen molar-refractivity contribution >= 4 is 35.2 Å². The Labute approximate surface area is 183 Å². The highest BCUT2D eigenvalue weighted by Gasteiger charge is 2.45. The zero-order valence-corrected chi connectivity index (χ0v) is 17.7. The molecule has 2 atom stereocenters. The van der Waals surface area contributed by atoms with Gasteiger partial charge in [-0.2, -0.15) is 11.8 Å². The zero-order valence-electron chi connectivity index (χ0n) is 16.8. The minimum absolute atomic E-state index is 0.133. The van der Waals surface area contributed by atoms with Crippen LogP contribution in [0.2, 0.25) is 0 Å². The predicted molar refractivity (Wildman–Crippen MR) is 116 cm³/mol. The lowest BCUT2D eigenvalue weighted by Crippen LogP contribution is -2.51. The molecule has 3 heterocycles. The Morgan fingerprint density at radius 2 is 1.94 bits per heavy atom. The van der Waals surface area contributed by atoms with Crippen LogP contribution in [0, 0.1) is 0 Å². The van der Waals surface area contributed by atoms with Gasteiger partial charge in [0.25, 0.3) is 5.91 Å². The zero-order chi connectivity index (χ0) is 21.5. The standard InChI is InChI=1S/C22H21N3O5S/c1-31-10-19(26)23-16-6-7-25-20(16)21(27)24-15-4-2-12(8-14(15)22(25)28)13-3-5-17-18(9-13)30-11-29-17/h2-5,8-9,16,20H,6-7,10-11H2,1H3,(H,23,26)(H,24,27). The Balaban J connectivity index is 1.45. The number of hydrogen-bond acceptors (Lipinski definition) is 6. The molecular formula is C22H21N3O5S. The molecule has 0 spiro atoms. The molecule has 3 aliphatic heterocycles. The molecule has 1 saturated heterocycles. The van der Waals surface area contributed by atoms with Crippen LogP contribution >= 0.6 is 11.8 Å². The number of benzene rings is 2. The van der Waals surface area contributed by atoms with E-state index in [0.717, 1.165) is 11.1 Å². The van der Waals surface area contributed by atoms with Crippen LogP contribution in [0.3, 0.4) is 0 Å². The first kappa shape index (κ1) is 19.7. The van der Waals surface area contributed by atoms with Crippen LogP contribution in [0.5, 0.6) is 11.5 Å². The van der Waals surface area contributed by atoms with E-state index in [4.69, 9.17) is 9.47 Å². The fraction of sp³-hybridized carbons (Fsp3) is 0.318. The molecule has 9 heteroatoms. The van der Waals surface area contributed by atoms with E-state index in [0.29, 0.717) is 41.5 Å². The molecule has 5 rings (SSSR count). The van der Waals surface area contributed by atoms with Crippen LogP contribution < -0.4 is 20.1 Å². The van der Waals surface area contributed by atoms with Crippen LogP contribution in [0.15, 0.2) is 36.4 Å². The maximum atomic E-state index is 13.4. The summed E-state index contributed by atoms with van der Waals surface area (Å²) in [5, 5.41) is 5.78. The van der Waals surface area contributed by atoms with Gasteiger partial charge in [0.15, 0.2) is 11.5 Å². The molecular weight excluding hydrogens is 418 g/mol. The van der Waals surface area contributed by atoms with Crippen molar-refractivity contribution in [2.45, 2.75) is 18.5 Å². The van der Waals surface area contributed by atoms with Crippen LogP contribution in [0.1, 0.15) is 16.8 Å². The normalized spacial score (nSPS) is 21.3. The summed E-state index contributed by atoms with van der Waals surface area (Å²) >= 11 is 1.41. The van der Waals surface area contributed by atoms with Crippen molar-refractivity contribution in [3.8, 4) is 22.6 Å². The van der Waals surface area contributed by atoms with E-state index in [1.165, 1.54) is 11.8 Å². The number of hydrogen-bond donors (Lipinski definition) is 2. The number of ether oxygens (including phenoxy) is 2. The highest BCUT2D eigenvalue weighted by Crippen LogP contribution is 2.37. The van der Waals surface area contributed by atoms with Gasteiger partial charge in [0.1, 0.15) is 6.04 Å². The van der Waals surface area contributed by atoms with Gasteiger partial charge < -0.3 is 25.0 Å². The molecule has 0 radical (unpaired) electrons. The molecule has 3 amide bonds. The van der Waals surface area contributed by atoms with Gasteiger partial charge in [-0.15, -0.1) is 0 Å². The summed E-state index contributed by atoms with van der Waals surface area (Å²) in [5.74, 6) is 1.04. The van der Waals surface area contributed by atoms with Gasteiger partial charge in [0, 0.05) is 6.54 Å².